The van der Waals surface area contributed by atoms with E-state index >= 15 is 0 Å². The summed E-state index contributed by atoms with van der Waals surface area (Å²) in [5.41, 5.74) is 1.39. The lowest BCUT2D eigenvalue weighted by Crippen LogP contribution is -2.22. The van der Waals surface area contributed by atoms with Crippen LogP contribution in [0.2, 0.25) is 0 Å². The first-order valence-electron chi connectivity index (χ1n) is 10.0. The van der Waals surface area contributed by atoms with Crippen LogP contribution in [0.1, 0.15) is 35.3 Å². The zero-order valence-electron chi connectivity index (χ0n) is 17.5. The molecule has 0 atom stereocenters. The minimum Gasteiger partial charge on any atom is -0.465 e. The van der Waals surface area contributed by atoms with Crippen LogP contribution in [0.3, 0.4) is 0 Å². The molecule has 0 fully saturated rings. The summed E-state index contributed by atoms with van der Waals surface area (Å²) < 4.78 is 12.8. The highest BCUT2D eigenvalue weighted by atomic mass is 79.9. The number of aromatic nitrogens is 2. The third-order valence-corrected chi connectivity index (χ3v) is 5.37. The number of rotatable bonds is 6. The molecule has 0 unspecified atom stereocenters. The molecule has 0 amide bonds. The fourth-order valence-electron chi connectivity index (χ4n) is 3.37. The summed E-state index contributed by atoms with van der Waals surface area (Å²) in [5.74, 6) is 1.06. The van der Waals surface area contributed by atoms with Crippen LogP contribution in [0, 0.1) is 0 Å². The zero-order valence-corrected chi connectivity index (χ0v) is 19.1. The highest BCUT2D eigenvalue weighted by molar-refractivity contribution is 9.10. The lowest BCUT2D eigenvalue weighted by Gasteiger charge is -2.08. The molecule has 0 saturated heterocycles. The van der Waals surface area contributed by atoms with Crippen molar-refractivity contribution in [3.63, 3.8) is 0 Å². The molecule has 0 N–H and O–H groups in total. The minimum atomic E-state index is -0.448. The van der Waals surface area contributed by atoms with E-state index in [1.165, 1.54) is 18.0 Å². The first-order chi connectivity index (χ1) is 15.5. The number of furan rings is 1. The summed E-state index contributed by atoms with van der Waals surface area (Å²) in [6.45, 7) is 2.02. The van der Waals surface area contributed by atoms with Crippen molar-refractivity contribution in [3.05, 3.63) is 86.6 Å². The Hall–Kier alpha value is -3.52. The van der Waals surface area contributed by atoms with Crippen LogP contribution in [-0.4, -0.2) is 29.0 Å². The normalized spacial score (nSPS) is 11.3. The van der Waals surface area contributed by atoms with Gasteiger partial charge in [0.1, 0.15) is 17.3 Å². The van der Waals surface area contributed by atoms with Crippen molar-refractivity contribution in [1.29, 1.82) is 0 Å². The number of nitrogens with zero attached hydrogens (tertiary/aromatic N) is 3. The van der Waals surface area contributed by atoms with Gasteiger partial charge in [-0.2, -0.15) is 9.78 Å². The molecule has 162 valence electrons. The Morgan fingerprint density at radius 1 is 1.22 bits per heavy atom. The maximum Gasteiger partial charge on any atom is 0.338 e. The van der Waals surface area contributed by atoms with Gasteiger partial charge in [0.05, 0.1) is 29.8 Å². The summed E-state index contributed by atoms with van der Waals surface area (Å²) in [4.78, 5) is 29.8. The number of fused-ring (bicyclic) bond motifs is 1. The molecule has 0 radical (unpaired) electrons. The number of carbonyl (C=O) groups is 1. The molecule has 2 aromatic heterocycles. The van der Waals surface area contributed by atoms with Crippen molar-refractivity contribution in [2.24, 2.45) is 5.10 Å². The van der Waals surface area contributed by atoms with Crippen molar-refractivity contribution < 1.29 is 13.9 Å². The van der Waals surface area contributed by atoms with Crippen molar-refractivity contribution in [2.75, 3.05) is 7.11 Å². The van der Waals surface area contributed by atoms with E-state index in [2.05, 4.69) is 26.0 Å². The van der Waals surface area contributed by atoms with E-state index in [1.54, 1.807) is 36.4 Å². The number of hydrogen-bond acceptors (Lipinski definition) is 6. The standard InChI is InChI=1S/C24H20BrN3O4/c1-3-6-22-27-20-11-9-15(25)13-19(20)23(29)28(22)26-14-16-10-12-21(32-16)17-7-4-5-8-18(17)24(30)31-2/h4-5,7-14H,3,6H2,1-2H3. The Morgan fingerprint density at radius 3 is 2.81 bits per heavy atom. The number of benzene rings is 2. The van der Waals surface area contributed by atoms with Crippen molar-refractivity contribution >= 4 is 39.0 Å². The lowest BCUT2D eigenvalue weighted by molar-refractivity contribution is 0.0601. The molecule has 2 aromatic carbocycles. The fourth-order valence-corrected chi connectivity index (χ4v) is 3.73. The molecule has 0 spiro atoms. The van der Waals surface area contributed by atoms with Crippen molar-refractivity contribution in [3.8, 4) is 11.3 Å². The Labute approximate surface area is 192 Å². The SMILES string of the molecule is CCCc1nc2ccc(Br)cc2c(=O)n1N=Cc1ccc(-c2ccccc2C(=O)OC)o1. The predicted molar refractivity (Wildman–Crippen MR) is 126 cm³/mol. The van der Waals surface area contributed by atoms with Gasteiger partial charge in [0.15, 0.2) is 0 Å². The molecule has 32 heavy (non-hydrogen) atoms. The first kappa shape index (κ1) is 21.7. The van der Waals surface area contributed by atoms with E-state index in [0.717, 1.165) is 10.9 Å². The molecule has 0 bridgehead atoms. The second-order valence-corrected chi connectivity index (χ2v) is 7.96. The second kappa shape index (κ2) is 9.32. The molecule has 7 nitrogen and oxygen atoms in total. The van der Waals surface area contributed by atoms with Gasteiger partial charge < -0.3 is 9.15 Å². The fraction of sp³-hybridized carbons (Fsp3) is 0.167. The van der Waals surface area contributed by atoms with Gasteiger partial charge in [-0.05, 0) is 42.8 Å². The van der Waals surface area contributed by atoms with E-state index in [-0.39, 0.29) is 5.56 Å². The average Bonchev–Trinajstić information content (AvgIpc) is 3.28. The monoisotopic (exact) mass is 493 g/mol. The zero-order chi connectivity index (χ0) is 22.7. The lowest BCUT2D eigenvalue weighted by atomic mass is 10.1. The van der Waals surface area contributed by atoms with Crippen LogP contribution in [-0.2, 0) is 11.2 Å². The molecule has 0 aliphatic carbocycles. The molecule has 0 aliphatic rings. The molecular weight excluding hydrogens is 474 g/mol. The van der Waals surface area contributed by atoms with Gasteiger partial charge in [0.2, 0.25) is 0 Å². The number of esters is 1. The van der Waals surface area contributed by atoms with Crippen LogP contribution in [0.4, 0.5) is 0 Å². The number of hydrogen-bond donors (Lipinski definition) is 0. The number of methoxy groups -OCH3 is 1. The summed E-state index contributed by atoms with van der Waals surface area (Å²) in [7, 11) is 1.33. The average molecular weight is 494 g/mol. The Kier molecular flexibility index (Phi) is 6.32. The van der Waals surface area contributed by atoms with Gasteiger partial charge in [0.25, 0.3) is 5.56 Å². The van der Waals surface area contributed by atoms with E-state index < -0.39 is 5.97 Å². The molecule has 4 aromatic rings. The quantitative estimate of drug-likeness (QED) is 0.277. The van der Waals surface area contributed by atoms with E-state index in [1.807, 2.05) is 25.1 Å². The van der Waals surface area contributed by atoms with Gasteiger partial charge in [-0.25, -0.2) is 9.78 Å². The highest BCUT2D eigenvalue weighted by Gasteiger charge is 2.15. The largest absolute Gasteiger partial charge is 0.465 e. The third kappa shape index (κ3) is 4.27. The Bertz CT molecular complexity index is 1390. The highest BCUT2D eigenvalue weighted by Crippen LogP contribution is 2.26. The van der Waals surface area contributed by atoms with E-state index in [0.29, 0.717) is 45.8 Å². The summed E-state index contributed by atoms with van der Waals surface area (Å²) >= 11 is 3.40. The predicted octanol–water partition coefficient (Wildman–Crippen LogP) is 5.04. The third-order valence-electron chi connectivity index (χ3n) is 4.87. The molecule has 0 aliphatic heterocycles. The van der Waals surface area contributed by atoms with E-state index in [4.69, 9.17) is 9.15 Å². The molecule has 0 saturated carbocycles. The molecule has 4 rings (SSSR count). The minimum absolute atomic E-state index is 0.251. The molecule has 2 heterocycles. The number of carbonyl (C=O) groups excluding carboxylic acids is 1. The first-order valence-corrected chi connectivity index (χ1v) is 10.8. The van der Waals surface area contributed by atoms with Gasteiger partial charge >= 0.3 is 5.97 Å². The topological polar surface area (TPSA) is 86.7 Å². The number of ether oxygens (including phenoxy) is 1. The summed E-state index contributed by atoms with van der Waals surface area (Å²) in [6, 6.07) is 15.9. The maximum atomic E-state index is 13.1. The van der Waals surface area contributed by atoms with Crippen LogP contribution >= 0.6 is 15.9 Å². The van der Waals surface area contributed by atoms with Gasteiger partial charge in [-0.15, -0.1) is 0 Å². The Balaban J connectivity index is 1.73. The smallest absolute Gasteiger partial charge is 0.338 e. The second-order valence-electron chi connectivity index (χ2n) is 7.04. The van der Waals surface area contributed by atoms with Gasteiger partial charge in [-0.3, -0.25) is 4.79 Å². The van der Waals surface area contributed by atoms with Crippen molar-refractivity contribution in [1.82, 2.24) is 9.66 Å². The van der Waals surface area contributed by atoms with Crippen LogP contribution in [0.15, 0.2) is 73.4 Å². The van der Waals surface area contributed by atoms with Crippen molar-refractivity contribution in [2.45, 2.75) is 19.8 Å². The maximum absolute atomic E-state index is 13.1. The van der Waals surface area contributed by atoms with Crippen LogP contribution in [0.25, 0.3) is 22.2 Å². The van der Waals surface area contributed by atoms with E-state index in [9.17, 15) is 9.59 Å². The van der Waals surface area contributed by atoms with Gasteiger partial charge in [-0.1, -0.05) is 41.1 Å². The van der Waals surface area contributed by atoms with Crippen LogP contribution < -0.4 is 5.56 Å². The number of aryl methyl sites for hydroxylation is 1. The summed E-state index contributed by atoms with van der Waals surface area (Å²) in [6.07, 6.45) is 2.89. The van der Waals surface area contributed by atoms with Crippen LogP contribution in [0.5, 0.6) is 0 Å². The van der Waals surface area contributed by atoms with Gasteiger partial charge in [0, 0.05) is 16.5 Å². The Morgan fingerprint density at radius 2 is 2.03 bits per heavy atom. The summed E-state index contributed by atoms with van der Waals surface area (Å²) in [5, 5.41) is 4.85. The molecule has 8 heteroatoms. The molecular formula is C24H20BrN3O4. The number of halogens is 1.